The van der Waals surface area contributed by atoms with Crippen molar-refractivity contribution in [2.24, 2.45) is 11.8 Å². The number of likely N-dealkylation sites (tertiary alicyclic amines) is 2. The number of alkyl halides is 3. The normalized spacial score (nSPS) is 24.4. The van der Waals surface area contributed by atoms with E-state index in [0.29, 0.717) is 17.4 Å². The molecule has 5 rings (SSSR count). The number of furan rings is 1. The highest BCUT2D eigenvalue weighted by Crippen LogP contribution is 2.43. The lowest BCUT2D eigenvalue weighted by atomic mass is 9.74. The highest BCUT2D eigenvalue weighted by atomic mass is 19.4. The number of hydrogen-bond acceptors (Lipinski definition) is 6. The van der Waals surface area contributed by atoms with Gasteiger partial charge in [0, 0.05) is 63.6 Å². The maximum atomic E-state index is 13.3. The second-order valence-electron chi connectivity index (χ2n) is 13.3. The number of halogens is 3. The van der Waals surface area contributed by atoms with Crippen LogP contribution < -0.4 is 0 Å². The number of unbranched alkanes of at least 4 members (excludes halogenated alkanes) is 1. The predicted octanol–water partition coefficient (Wildman–Crippen LogP) is 6.58. The molecule has 1 atom stereocenters. The first kappa shape index (κ1) is 34.1. The molecule has 0 radical (unpaired) electrons. The summed E-state index contributed by atoms with van der Waals surface area (Å²) in [7, 11) is 0. The third kappa shape index (κ3) is 8.28. The molecule has 3 saturated heterocycles. The van der Waals surface area contributed by atoms with Crippen molar-refractivity contribution in [3.8, 4) is 0 Å². The number of amides is 2. The van der Waals surface area contributed by atoms with Crippen LogP contribution in [0.4, 0.5) is 18.0 Å². The number of carboxylic acid groups (broad SMARTS) is 1. The highest BCUT2D eigenvalue weighted by molar-refractivity contribution is 5.93. The summed E-state index contributed by atoms with van der Waals surface area (Å²) in [5.74, 6) is -1.61. The molecule has 1 aromatic rings. The Morgan fingerprint density at radius 1 is 1.05 bits per heavy atom. The van der Waals surface area contributed by atoms with Gasteiger partial charge in [-0.15, -0.1) is 0 Å². The lowest BCUT2D eigenvalue weighted by molar-refractivity contribution is -0.192. The van der Waals surface area contributed by atoms with Crippen molar-refractivity contribution < 1.29 is 41.8 Å². The molecule has 2 amide bonds. The van der Waals surface area contributed by atoms with E-state index < -0.39 is 12.1 Å². The van der Waals surface area contributed by atoms with E-state index in [1.165, 1.54) is 51.2 Å². The van der Waals surface area contributed by atoms with Gasteiger partial charge in [0.1, 0.15) is 11.9 Å². The van der Waals surface area contributed by atoms with Crippen LogP contribution in [0.3, 0.4) is 0 Å². The SMILES string of the molecule is CCCCC1CN(CC2CCCCC2)C(=O)OC12CCN(C1(C)CCN(C(=O)c3ccoc3)CC1)CC2.O=C(O)C(F)(F)F. The monoisotopic (exact) mass is 627 g/mol. The van der Waals surface area contributed by atoms with Crippen molar-refractivity contribution in [1.29, 1.82) is 0 Å². The number of carbonyl (C=O) groups excluding carboxylic acids is 2. The predicted molar refractivity (Wildman–Crippen MR) is 157 cm³/mol. The molecule has 1 aromatic heterocycles. The Morgan fingerprint density at radius 3 is 2.23 bits per heavy atom. The number of rotatable bonds is 7. The minimum Gasteiger partial charge on any atom is -0.475 e. The zero-order chi connectivity index (χ0) is 32.0. The molecule has 0 aromatic carbocycles. The van der Waals surface area contributed by atoms with Gasteiger partial charge in [-0.1, -0.05) is 39.0 Å². The number of piperidine rings is 2. The van der Waals surface area contributed by atoms with Crippen LogP contribution >= 0.6 is 0 Å². The molecule has 44 heavy (non-hydrogen) atoms. The first-order valence-corrected chi connectivity index (χ1v) is 16.2. The summed E-state index contributed by atoms with van der Waals surface area (Å²) in [5, 5.41) is 7.12. The minimum absolute atomic E-state index is 0.0657. The Balaban J connectivity index is 0.000000566. The van der Waals surface area contributed by atoms with E-state index in [1.54, 1.807) is 12.3 Å². The highest BCUT2D eigenvalue weighted by Gasteiger charge is 2.51. The second kappa shape index (κ2) is 14.6. The van der Waals surface area contributed by atoms with Crippen LogP contribution in [-0.2, 0) is 9.53 Å². The van der Waals surface area contributed by atoms with Crippen LogP contribution in [0.1, 0.15) is 101 Å². The van der Waals surface area contributed by atoms with Gasteiger partial charge in [0.25, 0.3) is 5.91 Å². The standard InChI is InChI=1S/C30H47N3O4.C2HF3O2/c1-3-4-10-26-22-32(21-24-8-6-5-7-9-24)28(35)37-30(26)14-18-33(19-15-30)29(2)12-16-31(17-13-29)27(34)25-11-20-36-23-25;3-2(4,5)1(6)7/h11,20,23-24,26H,3-10,12-19,21-22H2,1-2H3;(H,6,7). The van der Waals surface area contributed by atoms with E-state index in [2.05, 4.69) is 23.6 Å². The van der Waals surface area contributed by atoms with Gasteiger partial charge < -0.3 is 24.1 Å². The molecule has 1 saturated carbocycles. The fourth-order valence-corrected chi connectivity index (χ4v) is 7.48. The Labute approximate surface area is 258 Å². The first-order chi connectivity index (χ1) is 20.9. The molecule has 248 valence electrons. The van der Waals surface area contributed by atoms with Gasteiger partial charge in [0.15, 0.2) is 0 Å². The molecule has 12 heteroatoms. The van der Waals surface area contributed by atoms with Crippen molar-refractivity contribution in [2.75, 3.05) is 39.3 Å². The van der Waals surface area contributed by atoms with Gasteiger partial charge in [-0.25, -0.2) is 9.59 Å². The van der Waals surface area contributed by atoms with Crippen LogP contribution in [-0.4, -0.2) is 94.4 Å². The zero-order valence-corrected chi connectivity index (χ0v) is 26.1. The molecule has 1 N–H and O–H groups in total. The molecule has 4 aliphatic rings. The fourth-order valence-electron chi connectivity index (χ4n) is 7.48. The Hall–Kier alpha value is -2.76. The quantitative estimate of drug-likeness (QED) is 0.364. The van der Waals surface area contributed by atoms with Crippen LogP contribution in [0, 0.1) is 11.8 Å². The zero-order valence-electron chi connectivity index (χ0n) is 26.1. The smallest absolute Gasteiger partial charge is 0.475 e. The molecule has 9 nitrogen and oxygen atoms in total. The summed E-state index contributed by atoms with van der Waals surface area (Å²) in [6.07, 6.45) is 11.7. The lowest BCUT2D eigenvalue weighted by Crippen LogP contribution is -2.63. The third-order valence-corrected chi connectivity index (χ3v) is 10.4. The van der Waals surface area contributed by atoms with Crippen LogP contribution in [0.5, 0.6) is 0 Å². The number of carboxylic acids is 1. The first-order valence-electron chi connectivity index (χ1n) is 16.2. The van der Waals surface area contributed by atoms with E-state index >= 15 is 0 Å². The summed E-state index contributed by atoms with van der Waals surface area (Å²) in [6.45, 7) is 9.84. The third-order valence-electron chi connectivity index (χ3n) is 10.4. The van der Waals surface area contributed by atoms with Crippen molar-refractivity contribution in [1.82, 2.24) is 14.7 Å². The molecular weight excluding hydrogens is 579 g/mol. The van der Waals surface area contributed by atoms with Gasteiger partial charge >= 0.3 is 18.2 Å². The average molecular weight is 628 g/mol. The number of ether oxygens (including phenoxy) is 1. The van der Waals surface area contributed by atoms with Gasteiger partial charge in [0.05, 0.1) is 11.8 Å². The fraction of sp³-hybridized carbons (Fsp3) is 0.781. The van der Waals surface area contributed by atoms with Gasteiger partial charge in [-0.3, -0.25) is 9.69 Å². The summed E-state index contributed by atoms with van der Waals surface area (Å²) in [6, 6.07) is 1.75. The molecule has 4 heterocycles. The molecule has 1 unspecified atom stereocenters. The average Bonchev–Trinajstić information content (AvgIpc) is 3.54. The topological polar surface area (TPSA) is 104 Å². The second-order valence-corrected chi connectivity index (χ2v) is 13.3. The van der Waals surface area contributed by atoms with Gasteiger partial charge in [-0.2, -0.15) is 13.2 Å². The van der Waals surface area contributed by atoms with Gasteiger partial charge in [-0.05, 0) is 51.0 Å². The Morgan fingerprint density at radius 2 is 1.68 bits per heavy atom. The molecule has 0 bridgehead atoms. The van der Waals surface area contributed by atoms with Crippen LogP contribution in [0.2, 0.25) is 0 Å². The molecule has 1 aliphatic carbocycles. The largest absolute Gasteiger partial charge is 0.490 e. The maximum absolute atomic E-state index is 13.3. The summed E-state index contributed by atoms with van der Waals surface area (Å²) >= 11 is 0. The summed E-state index contributed by atoms with van der Waals surface area (Å²) < 4.78 is 43.3. The van der Waals surface area contributed by atoms with E-state index in [0.717, 1.165) is 71.4 Å². The molecule has 3 aliphatic heterocycles. The summed E-state index contributed by atoms with van der Waals surface area (Å²) in [4.78, 5) is 41.5. The lowest BCUT2D eigenvalue weighted by Gasteiger charge is -2.55. The Kier molecular flexibility index (Phi) is 11.3. The number of nitrogens with zero attached hydrogens (tertiary/aromatic N) is 3. The van der Waals surface area contributed by atoms with Crippen molar-refractivity contribution >= 4 is 18.0 Å². The summed E-state index contributed by atoms with van der Waals surface area (Å²) in [5.41, 5.74) is 0.415. The van der Waals surface area contributed by atoms with Gasteiger partial charge in [0.2, 0.25) is 0 Å². The van der Waals surface area contributed by atoms with Crippen molar-refractivity contribution in [3.63, 3.8) is 0 Å². The molecular formula is C32H48F3N3O6. The van der Waals surface area contributed by atoms with E-state index in [4.69, 9.17) is 19.1 Å². The van der Waals surface area contributed by atoms with E-state index in [1.807, 2.05) is 4.90 Å². The van der Waals surface area contributed by atoms with Crippen LogP contribution in [0.15, 0.2) is 23.0 Å². The Bertz CT molecular complexity index is 1090. The number of aliphatic carboxylic acids is 1. The molecule has 1 spiro atoms. The van der Waals surface area contributed by atoms with Crippen molar-refractivity contribution in [3.05, 3.63) is 24.2 Å². The van der Waals surface area contributed by atoms with E-state index in [9.17, 15) is 22.8 Å². The van der Waals surface area contributed by atoms with Crippen molar-refractivity contribution in [2.45, 2.75) is 108 Å². The maximum Gasteiger partial charge on any atom is 0.490 e. The van der Waals surface area contributed by atoms with E-state index in [-0.39, 0.29) is 23.1 Å². The minimum atomic E-state index is -5.08. The molecule has 4 fully saturated rings. The number of carbonyl (C=O) groups is 3. The van der Waals surface area contributed by atoms with Crippen LogP contribution in [0.25, 0.3) is 0 Å². The number of hydrogen-bond donors (Lipinski definition) is 1.